The fourth-order valence-corrected chi connectivity index (χ4v) is 3.02. The minimum absolute atomic E-state index is 0.0757. The molecule has 0 saturated heterocycles. The van der Waals surface area contributed by atoms with Crippen molar-refractivity contribution in [2.45, 2.75) is 38.5 Å². The van der Waals surface area contributed by atoms with E-state index < -0.39 is 5.97 Å². The number of hydrogen-bond donors (Lipinski definition) is 2. The summed E-state index contributed by atoms with van der Waals surface area (Å²) in [6.45, 7) is 2.03. The van der Waals surface area contributed by atoms with Crippen molar-refractivity contribution in [3.8, 4) is 5.69 Å². The van der Waals surface area contributed by atoms with E-state index in [-0.39, 0.29) is 6.42 Å². The van der Waals surface area contributed by atoms with Crippen molar-refractivity contribution < 1.29 is 9.90 Å². The second-order valence-electron chi connectivity index (χ2n) is 6.93. The van der Waals surface area contributed by atoms with Crippen LogP contribution in [0.4, 0.5) is 11.6 Å². The molecule has 0 spiro atoms. The maximum absolute atomic E-state index is 10.7. The molecule has 4 rings (SSSR count). The lowest BCUT2D eigenvalue weighted by atomic mass is 10.2. The summed E-state index contributed by atoms with van der Waals surface area (Å²) in [5.41, 5.74) is 4.80. The Balaban J connectivity index is 1.54. The van der Waals surface area contributed by atoms with E-state index in [9.17, 15) is 4.79 Å². The zero-order valence-electron chi connectivity index (χ0n) is 15.1. The molecular formula is C20H21N5O2. The van der Waals surface area contributed by atoms with Gasteiger partial charge in [0, 0.05) is 41.8 Å². The van der Waals surface area contributed by atoms with Crippen molar-refractivity contribution >= 4 is 17.6 Å². The van der Waals surface area contributed by atoms with Crippen LogP contribution in [-0.2, 0) is 11.2 Å². The predicted molar refractivity (Wildman–Crippen MR) is 102 cm³/mol. The average Bonchev–Trinajstić information content (AvgIpc) is 3.38. The highest BCUT2D eigenvalue weighted by Crippen LogP contribution is 2.39. The molecule has 2 heterocycles. The smallest absolute Gasteiger partial charge is 0.303 e. The SMILES string of the molecule is Cc1cc(Nc2nccc(C3CC3)n2)cc(-n2cnc(CCC(=O)O)c2)c1. The van der Waals surface area contributed by atoms with Crippen LogP contribution in [0.5, 0.6) is 0 Å². The molecular weight excluding hydrogens is 342 g/mol. The van der Waals surface area contributed by atoms with Crippen LogP contribution in [-0.4, -0.2) is 30.6 Å². The van der Waals surface area contributed by atoms with Crippen LogP contribution in [0.3, 0.4) is 0 Å². The van der Waals surface area contributed by atoms with Gasteiger partial charge in [0.1, 0.15) is 0 Å². The summed E-state index contributed by atoms with van der Waals surface area (Å²) >= 11 is 0. The van der Waals surface area contributed by atoms with E-state index in [0.717, 1.165) is 28.3 Å². The first kappa shape index (κ1) is 17.2. The van der Waals surface area contributed by atoms with Gasteiger partial charge in [-0.1, -0.05) is 0 Å². The molecule has 1 saturated carbocycles. The average molecular weight is 363 g/mol. The quantitative estimate of drug-likeness (QED) is 0.666. The molecule has 0 amide bonds. The largest absolute Gasteiger partial charge is 0.481 e. The number of aromatic nitrogens is 4. The number of carboxylic acids is 1. The van der Waals surface area contributed by atoms with E-state index in [1.54, 1.807) is 12.5 Å². The molecule has 1 fully saturated rings. The van der Waals surface area contributed by atoms with Gasteiger partial charge in [0.15, 0.2) is 0 Å². The van der Waals surface area contributed by atoms with Crippen molar-refractivity contribution in [2.75, 3.05) is 5.32 Å². The highest BCUT2D eigenvalue weighted by atomic mass is 16.4. The molecule has 1 aromatic carbocycles. The van der Waals surface area contributed by atoms with Crippen LogP contribution in [0.1, 0.15) is 42.1 Å². The highest BCUT2D eigenvalue weighted by molar-refractivity contribution is 5.67. The Labute approximate surface area is 157 Å². The summed E-state index contributed by atoms with van der Waals surface area (Å²) < 4.78 is 1.90. The molecule has 0 radical (unpaired) electrons. The highest BCUT2D eigenvalue weighted by Gasteiger charge is 2.25. The summed E-state index contributed by atoms with van der Waals surface area (Å²) in [5.74, 6) is 0.362. The number of nitrogens with zero attached hydrogens (tertiary/aromatic N) is 4. The van der Waals surface area contributed by atoms with Crippen LogP contribution in [0.15, 0.2) is 43.0 Å². The second kappa shape index (κ2) is 7.19. The van der Waals surface area contributed by atoms with Crippen molar-refractivity contribution in [3.05, 3.63) is 59.9 Å². The summed E-state index contributed by atoms with van der Waals surface area (Å²) in [5, 5.41) is 12.1. The van der Waals surface area contributed by atoms with Crippen molar-refractivity contribution in [1.82, 2.24) is 19.5 Å². The van der Waals surface area contributed by atoms with E-state index in [0.29, 0.717) is 18.3 Å². The van der Waals surface area contributed by atoms with Gasteiger partial charge in [0.25, 0.3) is 0 Å². The Morgan fingerprint density at radius 3 is 2.93 bits per heavy atom. The number of imidazole rings is 1. The molecule has 0 aliphatic heterocycles. The third-order valence-corrected chi connectivity index (χ3v) is 4.52. The Bertz CT molecular complexity index is 978. The van der Waals surface area contributed by atoms with Crippen LogP contribution in [0.2, 0.25) is 0 Å². The zero-order valence-corrected chi connectivity index (χ0v) is 15.1. The number of anilines is 2. The maximum atomic E-state index is 10.7. The predicted octanol–water partition coefficient (Wildman–Crippen LogP) is 3.61. The lowest BCUT2D eigenvalue weighted by molar-refractivity contribution is -0.136. The normalized spacial score (nSPS) is 13.5. The Morgan fingerprint density at radius 2 is 2.15 bits per heavy atom. The van der Waals surface area contributed by atoms with E-state index in [1.165, 1.54) is 12.8 Å². The van der Waals surface area contributed by atoms with Gasteiger partial charge in [-0.25, -0.2) is 15.0 Å². The first-order valence-corrected chi connectivity index (χ1v) is 9.03. The second-order valence-corrected chi connectivity index (χ2v) is 6.93. The van der Waals surface area contributed by atoms with Gasteiger partial charge in [-0.2, -0.15) is 0 Å². The number of rotatable bonds is 7. The molecule has 1 aliphatic rings. The minimum Gasteiger partial charge on any atom is -0.481 e. The molecule has 138 valence electrons. The molecule has 2 aromatic heterocycles. The van der Waals surface area contributed by atoms with Gasteiger partial charge in [-0.05, 0) is 49.6 Å². The minimum atomic E-state index is -0.819. The molecule has 2 N–H and O–H groups in total. The van der Waals surface area contributed by atoms with E-state index in [4.69, 9.17) is 5.11 Å². The number of carboxylic acid groups (broad SMARTS) is 1. The lowest BCUT2D eigenvalue weighted by Crippen LogP contribution is -2.01. The van der Waals surface area contributed by atoms with Crippen LogP contribution < -0.4 is 5.32 Å². The molecule has 7 nitrogen and oxygen atoms in total. The van der Waals surface area contributed by atoms with E-state index in [2.05, 4.69) is 26.3 Å². The fraction of sp³-hybridized carbons (Fsp3) is 0.300. The molecule has 3 aromatic rings. The number of benzene rings is 1. The third kappa shape index (κ3) is 4.31. The Hall–Kier alpha value is -3.22. The van der Waals surface area contributed by atoms with Gasteiger partial charge in [-0.3, -0.25) is 4.79 Å². The molecule has 7 heteroatoms. The van der Waals surface area contributed by atoms with E-state index in [1.807, 2.05) is 35.9 Å². The van der Waals surface area contributed by atoms with E-state index >= 15 is 0 Å². The van der Waals surface area contributed by atoms with Gasteiger partial charge < -0.3 is 15.0 Å². The van der Waals surface area contributed by atoms with Gasteiger partial charge in [-0.15, -0.1) is 0 Å². The number of carbonyl (C=O) groups is 1. The maximum Gasteiger partial charge on any atom is 0.303 e. The molecule has 0 bridgehead atoms. The van der Waals surface area contributed by atoms with Crippen LogP contribution in [0, 0.1) is 6.92 Å². The summed E-state index contributed by atoms with van der Waals surface area (Å²) in [6, 6.07) is 8.08. The van der Waals surface area contributed by atoms with Crippen molar-refractivity contribution in [3.63, 3.8) is 0 Å². The number of aryl methyl sites for hydroxylation is 2. The Kier molecular flexibility index (Phi) is 4.58. The van der Waals surface area contributed by atoms with Gasteiger partial charge >= 0.3 is 5.97 Å². The van der Waals surface area contributed by atoms with Crippen LogP contribution in [0.25, 0.3) is 5.69 Å². The number of nitrogens with one attached hydrogen (secondary N) is 1. The van der Waals surface area contributed by atoms with Crippen LogP contribution >= 0.6 is 0 Å². The summed E-state index contributed by atoms with van der Waals surface area (Å²) in [7, 11) is 0. The molecule has 27 heavy (non-hydrogen) atoms. The first-order chi connectivity index (χ1) is 13.1. The Morgan fingerprint density at radius 1 is 1.30 bits per heavy atom. The number of hydrogen-bond acceptors (Lipinski definition) is 5. The van der Waals surface area contributed by atoms with Gasteiger partial charge in [0.2, 0.25) is 5.95 Å². The topological polar surface area (TPSA) is 92.9 Å². The fourth-order valence-electron chi connectivity index (χ4n) is 3.02. The zero-order chi connectivity index (χ0) is 18.8. The lowest BCUT2D eigenvalue weighted by Gasteiger charge is -2.10. The number of aliphatic carboxylic acids is 1. The first-order valence-electron chi connectivity index (χ1n) is 9.03. The summed E-state index contributed by atoms with van der Waals surface area (Å²) in [4.78, 5) is 24.0. The molecule has 0 atom stereocenters. The monoisotopic (exact) mass is 363 g/mol. The van der Waals surface area contributed by atoms with Crippen molar-refractivity contribution in [1.29, 1.82) is 0 Å². The van der Waals surface area contributed by atoms with Gasteiger partial charge in [0.05, 0.1) is 18.4 Å². The summed E-state index contributed by atoms with van der Waals surface area (Å²) in [6.07, 6.45) is 8.27. The standard InChI is InChI=1S/C20H21N5O2/c1-13-8-16(23-20-21-7-6-18(24-20)14-2-3-14)10-17(9-13)25-11-15(22-12-25)4-5-19(26)27/h6-12,14H,2-5H2,1H3,(H,26,27)(H,21,23,24). The third-order valence-electron chi connectivity index (χ3n) is 4.52. The van der Waals surface area contributed by atoms with Crippen molar-refractivity contribution in [2.24, 2.45) is 0 Å². The molecule has 1 aliphatic carbocycles. The molecule has 0 unspecified atom stereocenters.